The van der Waals surface area contributed by atoms with Gasteiger partial charge in [0.25, 0.3) is 0 Å². The first-order valence-electron chi connectivity index (χ1n) is 8.97. The Morgan fingerprint density at radius 2 is 1.90 bits per heavy atom. The van der Waals surface area contributed by atoms with Gasteiger partial charge in [-0.25, -0.2) is 0 Å². The Morgan fingerprint density at radius 3 is 2.57 bits per heavy atom. The lowest BCUT2D eigenvalue weighted by molar-refractivity contribution is -0.0806. The van der Waals surface area contributed by atoms with Gasteiger partial charge in [-0.15, -0.1) is 0 Å². The summed E-state index contributed by atoms with van der Waals surface area (Å²) in [4.78, 5) is 0. The summed E-state index contributed by atoms with van der Waals surface area (Å²) in [5, 5.41) is 0. The number of benzene rings is 1. The van der Waals surface area contributed by atoms with E-state index in [0.717, 1.165) is 30.2 Å². The monoisotopic (exact) mass is 283 g/mol. The molecule has 3 unspecified atom stereocenters. The predicted octanol–water partition coefficient (Wildman–Crippen LogP) is 4.64. The van der Waals surface area contributed by atoms with Crippen LogP contribution in [0.3, 0.4) is 0 Å². The van der Waals surface area contributed by atoms with E-state index in [4.69, 9.17) is 5.73 Å². The molecule has 21 heavy (non-hydrogen) atoms. The van der Waals surface area contributed by atoms with Crippen molar-refractivity contribution in [1.29, 1.82) is 0 Å². The van der Waals surface area contributed by atoms with Gasteiger partial charge in [0.1, 0.15) is 0 Å². The molecule has 4 fully saturated rings. The zero-order valence-electron chi connectivity index (χ0n) is 13.4. The molecule has 0 aromatic heterocycles. The van der Waals surface area contributed by atoms with Gasteiger partial charge in [-0.2, -0.15) is 0 Å². The third kappa shape index (κ3) is 2.25. The molecule has 1 nitrogen and oxygen atoms in total. The average molecular weight is 283 g/mol. The standard InChI is InChI=1S/C20H29N/c1-14-4-2-5-17(8-14)19-18-10-15-9-16(11-18)13-20(19,12-15)6-3-7-21/h2,4-5,8,15-16,18-19H,3,6-7,9-13,21H2,1H3. The van der Waals surface area contributed by atoms with Gasteiger partial charge >= 0.3 is 0 Å². The molecule has 0 heterocycles. The molecule has 0 spiro atoms. The summed E-state index contributed by atoms with van der Waals surface area (Å²) < 4.78 is 0. The zero-order chi connectivity index (χ0) is 14.4. The molecular weight excluding hydrogens is 254 g/mol. The van der Waals surface area contributed by atoms with E-state index >= 15 is 0 Å². The molecule has 4 saturated carbocycles. The molecule has 4 bridgehead atoms. The second-order valence-electron chi connectivity index (χ2n) is 8.25. The van der Waals surface area contributed by atoms with Gasteiger partial charge in [-0.3, -0.25) is 0 Å². The largest absolute Gasteiger partial charge is 0.330 e. The Balaban J connectivity index is 1.72. The smallest absolute Gasteiger partial charge is 0.00765 e. The van der Waals surface area contributed by atoms with E-state index in [-0.39, 0.29) is 0 Å². The van der Waals surface area contributed by atoms with Crippen molar-refractivity contribution >= 4 is 0 Å². The summed E-state index contributed by atoms with van der Waals surface area (Å²) in [6.07, 6.45) is 10.1. The number of hydrogen-bond donors (Lipinski definition) is 1. The summed E-state index contributed by atoms with van der Waals surface area (Å²) in [6.45, 7) is 3.11. The van der Waals surface area contributed by atoms with E-state index < -0.39 is 0 Å². The topological polar surface area (TPSA) is 26.0 Å². The second kappa shape index (κ2) is 5.12. The van der Waals surface area contributed by atoms with Crippen molar-refractivity contribution in [3.8, 4) is 0 Å². The third-order valence-electron chi connectivity index (χ3n) is 6.74. The number of nitrogens with two attached hydrogens (primary N) is 1. The second-order valence-corrected chi connectivity index (χ2v) is 8.25. The Labute approximate surface area is 129 Å². The van der Waals surface area contributed by atoms with Crippen molar-refractivity contribution in [2.45, 2.75) is 57.8 Å². The average Bonchev–Trinajstić information content (AvgIpc) is 2.44. The quantitative estimate of drug-likeness (QED) is 0.855. The first kappa shape index (κ1) is 13.8. The van der Waals surface area contributed by atoms with Gasteiger partial charge in [0.15, 0.2) is 0 Å². The van der Waals surface area contributed by atoms with Crippen LogP contribution in [0.1, 0.15) is 62.0 Å². The Bertz CT molecular complexity index is 506. The fourth-order valence-electron chi connectivity index (χ4n) is 6.51. The van der Waals surface area contributed by atoms with E-state index in [0.29, 0.717) is 5.41 Å². The van der Waals surface area contributed by atoms with E-state index in [9.17, 15) is 0 Å². The highest BCUT2D eigenvalue weighted by Gasteiger charge is 2.56. The third-order valence-corrected chi connectivity index (χ3v) is 6.74. The molecule has 0 amide bonds. The minimum atomic E-state index is 0.585. The molecular formula is C20H29N. The first-order valence-corrected chi connectivity index (χ1v) is 8.97. The molecule has 1 aromatic carbocycles. The van der Waals surface area contributed by atoms with E-state index in [2.05, 4.69) is 31.2 Å². The summed E-state index contributed by atoms with van der Waals surface area (Å²) >= 11 is 0. The molecule has 1 heteroatoms. The molecule has 2 N–H and O–H groups in total. The normalized spacial score (nSPS) is 40.7. The molecule has 4 aliphatic rings. The minimum absolute atomic E-state index is 0.585. The van der Waals surface area contributed by atoms with Crippen LogP contribution >= 0.6 is 0 Å². The lowest BCUT2D eigenvalue weighted by Crippen LogP contribution is -2.51. The highest BCUT2D eigenvalue weighted by atomic mass is 14.6. The van der Waals surface area contributed by atoms with Crippen LogP contribution in [0.2, 0.25) is 0 Å². The molecule has 0 saturated heterocycles. The van der Waals surface area contributed by atoms with Crippen molar-refractivity contribution in [2.75, 3.05) is 6.54 Å². The summed E-state index contributed by atoms with van der Waals surface area (Å²) in [5.41, 5.74) is 9.51. The van der Waals surface area contributed by atoms with E-state index in [1.54, 1.807) is 5.56 Å². The predicted molar refractivity (Wildman–Crippen MR) is 88.2 cm³/mol. The minimum Gasteiger partial charge on any atom is -0.330 e. The van der Waals surface area contributed by atoms with E-state index in [1.807, 2.05) is 0 Å². The van der Waals surface area contributed by atoms with Crippen LogP contribution < -0.4 is 5.73 Å². The van der Waals surface area contributed by atoms with E-state index in [1.165, 1.54) is 50.5 Å². The Kier molecular flexibility index (Phi) is 3.37. The maximum absolute atomic E-state index is 5.87. The van der Waals surface area contributed by atoms with Gasteiger partial charge < -0.3 is 5.73 Å². The first-order chi connectivity index (χ1) is 10.2. The number of aryl methyl sites for hydroxylation is 1. The molecule has 0 aliphatic heterocycles. The highest BCUT2D eigenvalue weighted by molar-refractivity contribution is 5.30. The Morgan fingerprint density at radius 1 is 1.14 bits per heavy atom. The van der Waals surface area contributed by atoms with Crippen LogP contribution in [-0.2, 0) is 0 Å². The van der Waals surface area contributed by atoms with Gasteiger partial charge in [0.05, 0.1) is 0 Å². The van der Waals surface area contributed by atoms with Crippen LogP contribution in [0.4, 0.5) is 0 Å². The van der Waals surface area contributed by atoms with Crippen LogP contribution in [0.5, 0.6) is 0 Å². The van der Waals surface area contributed by atoms with Gasteiger partial charge in [0, 0.05) is 0 Å². The molecule has 1 aromatic rings. The lowest BCUT2D eigenvalue weighted by atomic mass is 9.43. The van der Waals surface area contributed by atoms with Crippen LogP contribution in [0.25, 0.3) is 0 Å². The molecule has 4 aliphatic carbocycles. The summed E-state index contributed by atoms with van der Waals surface area (Å²) in [7, 11) is 0. The number of hydrogen-bond acceptors (Lipinski definition) is 1. The van der Waals surface area contributed by atoms with Gasteiger partial charge in [-0.1, -0.05) is 29.8 Å². The van der Waals surface area contributed by atoms with Crippen molar-refractivity contribution < 1.29 is 0 Å². The summed E-state index contributed by atoms with van der Waals surface area (Å²) in [5.74, 6) is 3.83. The molecule has 114 valence electrons. The SMILES string of the molecule is Cc1cccc(C2C3CC4CC(C3)CC2(CCCN)C4)c1. The maximum atomic E-state index is 5.87. The van der Waals surface area contributed by atoms with Gasteiger partial charge in [0.2, 0.25) is 0 Å². The summed E-state index contributed by atoms with van der Waals surface area (Å²) in [6, 6.07) is 9.39. The highest BCUT2D eigenvalue weighted by Crippen LogP contribution is 2.67. The molecule has 3 atom stereocenters. The number of rotatable bonds is 4. The van der Waals surface area contributed by atoms with Crippen molar-refractivity contribution in [1.82, 2.24) is 0 Å². The van der Waals surface area contributed by atoms with Crippen LogP contribution in [-0.4, -0.2) is 6.54 Å². The maximum Gasteiger partial charge on any atom is -0.00765 e. The molecule has 5 rings (SSSR count). The zero-order valence-corrected chi connectivity index (χ0v) is 13.4. The Hall–Kier alpha value is -0.820. The van der Waals surface area contributed by atoms with Crippen LogP contribution in [0.15, 0.2) is 24.3 Å². The van der Waals surface area contributed by atoms with Crippen molar-refractivity contribution in [3.63, 3.8) is 0 Å². The van der Waals surface area contributed by atoms with Crippen molar-refractivity contribution in [2.24, 2.45) is 28.9 Å². The van der Waals surface area contributed by atoms with Gasteiger partial charge in [-0.05, 0) is 93.1 Å². The lowest BCUT2D eigenvalue weighted by Gasteiger charge is -2.62. The van der Waals surface area contributed by atoms with Crippen LogP contribution in [0, 0.1) is 30.1 Å². The van der Waals surface area contributed by atoms with Crippen molar-refractivity contribution in [3.05, 3.63) is 35.4 Å². The molecule has 0 radical (unpaired) electrons. The fraction of sp³-hybridized carbons (Fsp3) is 0.700. The fourth-order valence-corrected chi connectivity index (χ4v) is 6.51.